The molecule has 3 aromatic rings. The van der Waals surface area contributed by atoms with Crippen LogP contribution in [0, 0.1) is 16.7 Å². The summed E-state index contributed by atoms with van der Waals surface area (Å²) < 4.78 is 5.43. The van der Waals surface area contributed by atoms with Gasteiger partial charge in [-0.25, -0.2) is 0 Å². The first-order valence-electron chi connectivity index (χ1n) is 12.4. The van der Waals surface area contributed by atoms with Gasteiger partial charge in [0, 0.05) is 17.7 Å². The maximum atomic E-state index is 13.5. The van der Waals surface area contributed by atoms with Gasteiger partial charge in [-0.2, -0.15) is 0 Å². The molecule has 0 bridgehead atoms. The molecule has 3 aromatic carbocycles. The Morgan fingerprint density at radius 3 is 2.36 bits per heavy atom. The fourth-order valence-electron chi connectivity index (χ4n) is 5.27. The van der Waals surface area contributed by atoms with Crippen LogP contribution < -0.4 is 5.32 Å². The van der Waals surface area contributed by atoms with E-state index in [1.165, 1.54) is 0 Å². The number of aliphatic carboxylic acids is 1. The molecule has 1 aliphatic rings. The highest BCUT2D eigenvalue weighted by Crippen LogP contribution is 2.56. The van der Waals surface area contributed by atoms with Crippen molar-refractivity contribution in [2.24, 2.45) is 16.7 Å². The van der Waals surface area contributed by atoms with Crippen molar-refractivity contribution in [3.8, 4) is 0 Å². The van der Waals surface area contributed by atoms with Gasteiger partial charge >= 0.3 is 11.9 Å². The third-order valence-corrected chi connectivity index (χ3v) is 8.12. The van der Waals surface area contributed by atoms with E-state index in [9.17, 15) is 19.5 Å². The summed E-state index contributed by atoms with van der Waals surface area (Å²) in [5.74, 6) is -1.81. The zero-order valence-corrected chi connectivity index (χ0v) is 21.0. The largest absolute Gasteiger partial charge is 0.481 e. The molecule has 0 saturated heterocycles. The van der Waals surface area contributed by atoms with Crippen LogP contribution in [0.1, 0.15) is 51.2 Å². The highest BCUT2D eigenvalue weighted by atomic mass is 16.5. The van der Waals surface area contributed by atoms with Crippen molar-refractivity contribution < 1.29 is 24.2 Å². The smallest absolute Gasteiger partial charge is 0.309 e. The third kappa shape index (κ3) is 4.85. The molecule has 0 aromatic heterocycles. The molecular formula is C30H33NO5. The van der Waals surface area contributed by atoms with E-state index in [4.69, 9.17) is 4.74 Å². The van der Waals surface area contributed by atoms with Gasteiger partial charge in [-0.3, -0.25) is 14.4 Å². The first-order chi connectivity index (χ1) is 17.1. The van der Waals surface area contributed by atoms with Crippen LogP contribution in [-0.2, 0) is 32.1 Å². The van der Waals surface area contributed by atoms with Crippen LogP contribution in [0.15, 0.2) is 66.7 Å². The number of aryl methyl sites for hydroxylation is 1. The number of hydrogen-bond donors (Lipinski definition) is 2. The molecule has 0 heterocycles. The van der Waals surface area contributed by atoms with Gasteiger partial charge in [-0.05, 0) is 48.1 Å². The van der Waals surface area contributed by atoms with E-state index in [0.717, 1.165) is 21.9 Å². The number of rotatable bonds is 8. The van der Waals surface area contributed by atoms with Gasteiger partial charge in [-0.1, -0.05) is 80.6 Å². The van der Waals surface area contributed by atoms with E-state index >= 15 is 0 Å². The maximum Gasteiger partial charge on any atom is 0.309 e. The molecule has 6 heteroatoms. The summed E-state index contributed by atoms with van der Waals surface area (Å²) in [6.07, 6.45) is 1.55. The number of benzene rings is 3. The lowest BCUT2D eigenvalue weighted by molar-refractivity contribution is -0.155. The number of fused-ring (bicyclic) bond motifs is 1. The van der Waals surface area contributed by atoms with Crippen LogP contribution in [0.5, 0.6) is 0 Å². The second-order valence-electron chi connectivity index (χ2n) is 10.4. The average molecular weight is 488 g/mol. The standard InChI is InChI=1S/C30H33NO5/c1-29(2)24(17-18-30(29,3)28(34)35)27(33)31-26-22(14-13-21-11-7-8-12-23(21)26)15-16-25(32)36-19-20-9-5-4-6-10-20/h4-14,24H,15-19H2,1-3H3,(H,31,33)(H,34,35). The molecule has 0 spiro atoms. The third-order valence-electron chi connectivity index (χ3n) is 8.12. The molecule has 188 valence electrons. The topological polar surface area (TPSA) is 92.7 Å². The lowest BCUT2D eigenvalue weighted by Gasteiger charge is -2.37. The van der Waals surface area contributed by atoms with Crippen LogP contribution >= 0.6 is 0 Å². The lowest BCUT2D eigenvalue weighted by Crippen LogP contribution is -2.43. The number of carbonyl (C=O) groups excluding carboxylic acids is 2. The molecule has 2 N–H and O–H groups in total. The summed E-state index contributed by atoms with van der Waals surface area (Å²) in [4.78, 5) is 38.0. The first kappa shape index (κ1) is 25.4. The van der Waals surface area contributed by atoms with E-state index < -0.39 is 22.7 Å². The summed E-state index contributed by atoms with van der Waals surface area (Å²) in [5, 5.41) is 14.8. The Labute approximate surface area is 211 Å². The minimum Gasteiger partial charge on any atom is -0.481 e. The van der Waals surface area contributed by atoms with Gasteiger partial charge in [0.05, 0.1) is 11.1 Å². The maximum absolute atomic E-state index is 13.5. The molecule has 36 heavy (non-hydrogen) atoms. The van der Waals surface area contributed by atoms with Crippen LogP contribution in [0.4, 0.5) is 5.69 Å². The number of anilines is 1. The highest BCUT2D eigenvalue weighted by Gasteiger charge is 2.58. The Bertz CT molecular complexity index is 1280. The Hall–Kier alpha value is -3.67. The van der Waals surface area contributed by atoms with Crippen LogP contribution in [0.25, 0.3) is 10.8 Å². The van der Waals surface area contributed by atoms with Crippen molar-refractivity contribution in [2.45, 2.75) is 53.1 Å². The van der Waals surface area contributed by atoms with Crippen molar-refractivity contribution in [3.63, 3.8) is 0 Å². The second kappa shape index (κ2) is 10.1. The van der Waals surface area contributed by atoms with E-state index in [-0.39, 0.29) is 24.9 Å². The summed E-state index contributed by atoms with van der Waals surface area (Å²) in [6.45, 7) is 5.68. The van der Waals surface area contributed by atoms with Gasteiger partial charge in [0.15, 0.2) is 0 Å². The number of ether oxygens (including phenoxy) is 1. The van der Waals surface area contributed by atoms with Crippen LogP contribution in [0.3, 0.4) is 0 Å². The van der Waals surface area contributed by atoms with Crippen molar-refractivity contribution in [2.75, 3.05) is 5.32 Å². The molecule has 0 aliphatic heterocycles. The van der Waals surface area contributed by atoms with Gasteiger partial charge < -0.3 is 15.2 Å². The fourth-order valence-corrected chi connectivity index (χ4v) is 5.27. The lowest BCUT2D eigenvalue weighted by atomic mass is 9.65. The second-order valence-corrected chi connectivity index (χ2v) is 10.4. The molecule has 1 saturated carbocycles. The zero-order valence-electron chi connectivity index (χ0n) is 21.0. The number of esters is 1. The van der Waals surface area contributed by atoms with Crippen LogP contribution in [-0.4, -0.2) is 23.0 Å². The molecule has 1 aliphatic carbocycles. The average Bonchev–Trinajstić information content (AvgIpc) is 3.12. The molecule has 4 rings (SSSR count). The predicted molar refractivity (Wildman–Crippen MR) is 139 cm³/mol. The Balaban J connectivity index is 1.53. The molecular weight excluding hydrogens is 454 g/mol. The fraction of sp³-hybridized carbons (Fsp3) is 0.367. The summed E-state index contributed by atoms with van der Waals surface area (Å²) in [6, 6.07) is 21.2. The van der Waals surface area contributed by atoms with E-state index in [1.807, 2.05) is 80.6 Å². The number of carboxylic acids is 1. The molecule has 6 nitrogen and oxygen atoms in total. The molecule has 0 radical (unpaired) electrons. The number of carboxylic acid groups (broad SMARTS) is 1. The van der Waals surface area contributed by atoms with Gasteiger partial charge in [0.1, 0.15) is 6.61 Å². The Morgan fingerprint density at radius 1 is 0.972 bits per heavy atom. The van der Waals surface area contributed by atoms with E-state index in [2.05, 4.69) is 5.32 Å². The number of carbonyl (C=O) groups is 3. The van der Waals surface area contributed by atoms with E-state index in [0.29, 0.717) is 24.9 Å². The van der Waals surface area contributed by atoms with Crippen molar-refractivity contribution in [1.29, 1.82) is 0 Å². The molecule has 1 fully saturated rings. The van der Waals surface area contributed by atoms with Crippen LogP contribution in [0.2, 0.25) is 0 Å². The molecule has 2 atom stereocenters. The number of amides is 1. The number of nitrogens with one attached hydrogen (secondary N) is 1. The molecule has 2 unspecified atom stereocenters. The van der Waals surface area contributed by atoms with Crippen molar-refractivity contribution in [1.82, 2.24) is 0 Å². The van der Waals surface area contributed by atoms with Crippen molar-refractivity contribution in [3.05, 3.63) is 77.9 Å². The van der Waals surface area contributed by atoms with Gasteiger partial charge in [0.25, 0.3) is 0 Å². The van der Waals surface area contributed by atoms with Gasteiger partial charge in [0.2, 0.25) is 5.91 Å². The normalized spacial score (nSPS) is 20.7. The summed E-state index contributed by atoms with van der Waals surface area (Å²) in [7, 11) is 0. The highest BCUT2D eigenvalue weighted by molar-refractivity contribution is 6.04. The Morgan fingerprint density at radius 2 is 1.67 bits per heavy atom. The molecule has 1 amide bonds. The van der Waals surface area contributed by atoms with E-state index in [1.54, 1.807) is 6.92 Å². The first-order valence-corrected chi connectivity index (χ1v) is 12.4. The SMILES string of the molecule is CC1(C(=O)O)CCC(C(=O)Nc2c(CCC(=O)OCc3ccccc3)ccc3ccccc23)C1(C)C. The monoisotopic (exact) mass is 487 g/mol. The van der Waals surface area contributed by atoms with Gasteiger partial charge in [-0.15, -0.1) is 0 Å². The number of hydrogen-bond acceptors (Lipinski definition) is 4. The minimum absolute atomic E-state index is 0.181. The Kier molecular flexibility index (Phi) is 7.16. The summed E-state index contributed by atoms with van der Waals surface area (Å²) in [5.41, 5.74) is 0.759. The quantitative estimate of drug-likeness (QED) is 0.381. The summed E-state index contributed by atoms with van der Waals surface area (Å²) >= 11 is 0. The van der Waals surface area contributed by atoms with Crippen molar-refractivity contribution >= 4 is 34.3 Å². The zero-order chi connectivity index (χ0) is 25.9. The predicted octanol–water partition coefficient (Wildman–Crippen LogP) is 5.98. The minimum atomic E-state index is -0.973.